The molecule has 0 aliphatic carbocycles. The third-order valence-corrected chi connectivity index (χ3v) is 3.05. The molecule has 1 aromatic heterocycles. The van der Waals surface area contributed by atoms with Gasteiger partial charge in [0.1, 0.15) is 12.2 Å². The van der Waals surface area contributed by atoms with E-state index >= 15 is 0 Å². The zero-order valence-electron chi connectivity index (χ0n) is 9.27. The van der Waals surface area contributed by atoms with Gasteiger partial charge in [-0.2, -0.15) is 0 Å². The van der Waals surface area contributed by atoms with Crippen molar-refractivity contribution in [3.63, 3.8) is 0 Å². The van der Waals surface area contributed by atoms with Crippen LogP contribution in [-0.2, 0) is 6.42 Å². The van der Waals surface area contributed by atoms with Crippen molar-refractivity contribution in [2.45, 2.75) is 6.42 Å². The Labute approximate surface area is 114 Å². The van der Waals surface area contributed by atoms with E-state index in [2.05, 4.69) is 4.98 Å². The van der Waals surface area contributed by atoms with Gasteiger partial charge < -0.3 is 21.7 Å². The second-order valence-corrected chi connectivity index (χ2v) is 4.32. The highest BCUT2D eigenvalue weighted by Gasteiger charge is 2.12. The fraction of sp³-hybridized carbons (Fsp3) is 0.167. The van der Waals surface area contributed by atoms with Crippen LogP contribution in [0.2, 0.25) is 0 Å². The number of halogens is 1. The number of hydrogen-bond acceptors (Lipinski definition) is 3. The Kier molecular flexibility index (Phi) is 5.31. The Morgan fingerprint density at radius 1 is 1.47 bits per heavy atom. The van der Waals surface area contributed by atoms with Crippen LogP contribution in [0.3, 0.4) is 0 Å². The van der Waals surface area contributed by atoms with E-state index in [1.165, 1.54) is 0 Å². The van der Waals surface area contributed by atoms with E-state index in [1.54, 1.807) is 30.6 Å². The molecule has 0 bridgehead atoms. The molecule has 0 atom stereocenters. The predicted octanol–water partition coefficient (Wildman–Crippen LogP) is -1.000. The van der Waals surface area contributed by atoms with Crippen molar-refractivity contribution >= 4 is 17.1 Å². The number of aromatic amines is 1. The number of hydrogen-bond donors (Lipinski definition) is 0. The van der Waals surface area contributed by atoms with Crippen LogP contribution in [0.1, 0.15) is 15.4 Å². The molecular formula is C12H12BrNO2S. The van der Waals surface area contributed by atoms with Crippen LogP contribution >= 0.6 is 11.3 Å². The van der Waals surface area contributed by atoms with Crippen molar-refractivity contribution in [2.24, 2.45) is 0 Å². The maximum Gasteiger partial charge on any atom is 0.243 e. The van der Waals surface area contributed by atoms with Gasteiger partial charge >= 0.3 is 0 Å². The van der Waals surface area contributed by atoms with E-state index in [1.807, 2.05) is 23.7 Å². The minimum Gasteiger partial charge on any atom is -1.00 e. The van der Waals surface area contributed by atoms with E-state index in [9.17, 15) is 4.79 Å². The van der Waals surface area contributed by atoms with Crippen molar-refractivity contribution in [1.29, 1.82) is 0 Å². The predicted molar refractivity (Wildman–Crippen MR) is 61.9 cm³/mol. The van der Waals surface area contributed by atoms with Gasteiger partial charge in [0.15, 0.2) is 12.0 Å². The van der Waals surface area contributed by atoms with E-state index < -0.39 is 0 Å². The lowest BCUT2D eigenvalue weighted by atomic mass is 10.1. The van der Waals surface area contributed by atoms with Gasteiger partial charge in [-0.25, -0.2) is 4.98 Å². The fourth-order valence-electron chi connectivity index (χ4n) is 1.41. The van der Waals surface area contributed by atoms with Gasteiger partial charge in [-0.05, 0) is 12.1 Å². The molecule has 0 aliphatic heterocycles. The van der Waals surface area contributed by atoms with Gasteiger partial charge in [0, 0.05) is 5.56 Å². The largest absolute Gasteiger partial charge is 1.00 e. The first kappa shape index (κ1) is 13.9. The molecule has 0 spiro atoms. The SMILES string of the molecule is COc1cccc(C(=O)Cc2[nH+]ccs2)c1.[Br-]. The highest BCUT2D eigenvalue weighted by molar-refractivity contribution is 7.09. The van der Waals surface area contributed by atoms with Gasteiger partial charge in [-0.15, -0.1) is 0 Å². The molecule has 0 saturated carbocycles. The highest BCUT2D eigenvalue weighted by Crippen LogP contribution is 2.14. The number of ether oxygens (including phenoxy) is 1. The molecule has 17 heavy (non-hydrogen) atoms. The number of aromatic nitrogens is 1. The van der Waals surface area contributed by atoms with Crippen LogP contribution in [0.15, 0.2) is 35.8 Å². The third kappa shape index (κ3) is 3.64. The van der Waals surface area contributed by atoms with Crippen LogP contribution in [-0.4, -0.2) is 12.9 Å². The second kappa shape index (κ2) is 6.51. The van der Waals surface area contributed by atoms with Crippen LogP contribution < -0.4 is 26.7 Å². The van der Waals surface area contributed by atoms with Crippen molar-refractivity contribution < 1.29 is 31.5 Å². The van der Waals surface area contributed by atoms with Crippen molar-refractivity contribution in [2.75, 3.05) is 7.11 Å². The standard InChI is InChI=1S/C12H11NO2S.BrH/c1-15-10-4-2-3-9(7-10)11(14)8-12-13-5-6-16-12;/h2-7H,8H2,1H3;1H. The summed E-state index contributed by atoms with van der Waals surface area (Å²) in [7, 11) is 1.59. The first-order valence-corrected chi connectivity index (χ1v) is 5.79. The summed E-state index contributed by atoms with van der Waals surface area (Å²) < 4.78 is 5.08. The number of nitrogens with one attached hydrogen (secondary N) is 1. The second-order valence-electron chi connectivity index (χ2n) is 3.32. The Balaban J connectivity index is 0.00000144. The molecule has 1 aromatic carbocycles. The highest BCUT2D eigenvalue weighted by atomic mass is 79.9. The van der Waals surface area contributed by atoms with Crippen molar-refractivity contribution in [3.8, 4) is 5.75 Å². The maximum absolute atomic E-state index is 11.9. The number of methoxy groups -OCH3 is 1. The summed E-state index contributed by atoms with van der Waals surface area (Å²) in [5, 5.41) is 2.89. The van der Waals surface area contributed by atoms with E-state index in [0.29, 0.717) is 17.7 Å². The first-order valence-electron chi connectivity index (χ1n) is 4.91. The van der Waals surface area contributed by atoms with Gasteiger partial charge in [-0.3, -0.25) is 4.79 Å². The van der Waals surface area contributed by atoms with Gasteiger partial charge in [0.25, 0.3) is 0 Å². The molecule has 90 valence electrons. The summed E-state index contributed by atoms with van der Waals surface area (Å²) in [5.41, 5.74) is 0.682. The fourth-order valence-corrected chi connectivity index (χ4v) is 2.07. The van der Waals surface area contributed by atoms with Crippen LogP contribution in [0.25, 0.3) is 0 Å². The summed E-state index contributed by atoms with van der Waals surface area (Å²) in [6.45, 7) is 0. The molecular weight excluding hydrogens is 302 g/mol. The molecule has 0 amide bonds. The molecule has 2 rings (SSSR count). The maximum atomic E-state index is 11.9. The minimum atomic E-state index is 0. The smallest absolute Gasteiger partial charge is 0.243 e. The number of rotatable bonds is 4. The normalized spacial score (nSPS) is 9.47. The number of carbonyl (C=O) groups is 1. The Bertz CT molecular complexity index is 485. The number of carbonyl (C=O) groups excluding carboxylic acids is 1. The number of H-pyrrole nitrogens is 1. The monoisotopic (exact) mass is 313 g/mol. The number of thiazole rings is 1. The van der Waals surface area contributed by atoms with Gasteiger partial charge in [0.2, 0.25) is 5.01 Å². The average Bonchev–Trinajstić information content (AvgIpc) is 2.82. The van der Waals surface area contributed by atoms with Crippen LogP contribution in [0.4, 0.5) is 0 Å². The molecule has 0 saturated heterocycles. The summed E-state index contributed by atoms with van der Waals surface area (Å²) in [6.07, 6.45) is 2.24. The molecule has 1 N–H and O–H groups in total. The Morgan fingerprint density at radius 2 is 2.29 bits per heavy atom. The lowest BCUT2D eigenvalue weighted by Gasteiger charge is -2.01. The number of Topliss-reactive ketones (excluding diaryl/α,β-unsaturated/α-hetero) is 1. The lowest BCUT2D eigenvalue weighted by Crippen LogP contribution is -3.00. The summed E-state index contributed by atoms with van der Waals surface area (Å²) in [6, 6.07) is 7.21. The van der Waals surface area contributed by atoms with E-state index in [-0.39, 0.29) is 22.8 Å². The molecule has 0 aliphatic rings. The van der Waals surface area contributed by atoms with Gasteiger partial charge in [-0.1, -0.05) is 23.5 Å². The topological polar surface area (TPSA) is 40.4 Å². The Hall–Kier alpha value is -1.20. The van der Waals surface area contributed by atoms with Crippen molar-refractivity contribution in [3.05, 3.63) is 46.4 Å². The summed E-state index contributed by atoms with van der Waals surface area (Å²) in [5.74, 6) is 0.804. The number of ketones is 1. The molecule has 1 heterocycles. The minimum absolute atomic E-state index is 0. The van der Waals surface area contributed by atoms with E-state index in [0.717, 1.165) is 5.01 Å². The zero-order chi connectivity index (χ0) is 11.4. The quantitative estimate of drug-likeness (QED) is 0.679. The molecule has 0 unspecified atom stereocenters. The molecule has 0 radical (unpaired) electrons. The van der Waals surface area contributed by atoms with Crippen LogP contribution in [0, 0.1) is 0 Å². The van der Waals surface area contributed by atoms with E-state index in [4.69, 9.17) is 4.74 Å². The first-order chi connectivity index (χ1) is 7.79. The summed E-state index contributed by atoms with van der Waals surface area (Å²) in [4.78, 5) is 14.9. The van der Waals surface area contributed by atoms with Crippen LogP contribution in [0.5, 0.6) is 5.75 Å². The average molecular weight is 314 g/mol. The lowest BCUT2D eigenvalue weighted by molar-refractivity contribution is -0.381. The third-order valence-electron chi connectivity index (χ3n) is 2.24. The Morgan fingerprint density at radius 3 is 2.94 bits per heavy atom. The molecule has 3 nitrogen and oxygen atoms in total. The zero-order valence-corrected chi connectivity index (χ0v) is 11.7. The molecule has 5 heteroatoms. The number of benzene rings is 1. The molecule has 0 fully saturated rings. The summed E-state index contributed by atoms with van der Waals surface area (Å²) >= 11 is 1.55. The van der Waals surface area contributed by atoms with Crippen molar-refractivity contribution in [1.82, 2.24) is 0 Å². The van der Waals surface area contributed by atoms with Gasteiger partial charge in [0.05, 0.1) is 12.5 Å². The molecule has 2 aromatic rings.